The van der Waals surface area contributed by atoms with Gasteiger partial charge in [0.1, 0.15) is 0 Å². The Bertz CT molecular complexity index is 2920. The zero-order valence-electron chi connectivity index (χ0n) is 35.2. The Labute approximate surface area is 347 Å². The summed E-state index contributed by atoms with van der Waals surface area (Å²) in [5.41, 5.74) is 2.55. The maximum atomic E-state index is 14.0. The van der Waals surface area contributed by atoms with Crippen LogP contribution >= 0.6 is 0 Å². The average molecular weight is 814 g/mol. The van der Waals surface area contributed by atoms with Gasteiger partial charge < -0.3 is 35.6 Å². The molecule has 0 unspecified atom stereocenters. The van der Waals surface area contributed by atoms with E-state index in [9.17, 15) is 24.0 Å². The molecule has 7 rings (SSSR count). The Hall–Kier alpha value is -6.09. The number of H-pyrrole nitrogens is 1. The van der Waals surface area contributed by atoms with Crippen molar-refractivity contribution in [1.82, 2.24) is 34.0 Å². The summed E-state index contributed by atoms with van der Waals surface area (Å²) < 4.78 is 2.82. The SMILES string of the molecule is CN(C)CCCNC(=O)c1ccc(NCCCN(C)CCCNc2ccc3c(=O)n(CCCN(C)C)c(=O)n4c5ccccc5c(=O)c2c34)c2c(=O)c3ccccc3[nH]c12. The molecule has 314 valence electrons. The van der Waals surface area contributed by atoms with Gasteiger partial charge >= 0.3 is 5.69 Å². The number of amides is 1. The molecule has 0 saturated carbocycles. The molecule has 0 bridgehead atoms. The molecule has 7 aromatic rings. The Morgan fingerprint density at radius 1 is 0.633 bits per heavy atom. The smallest absolute Gasteiger partial charge is 0.336 e. The normalized spacial score (nSPS) is 12.0. The number of hydrogen-bond donors (Lipinski definition) is 4. The summed E-state index contributed by atoms with van der Waals surface area (Å²) in [5.74, 6) is -0.222. The van der Waals surface area contributed by atoms with Crippen molar-refractivity contribution >= 4 is 66.3 Å². The summed E-state index contributed by atoms with van der Waals surface area (Å²) in [4.78, 5) is 78.5. The van der Waals surface area contributed by atoms with E-state index in [1.54, 1.807) is 48.5 Å². The summed E-state index contributed by atoms with van der Waals surface area (Å²) in [6, 6.07) is 21.5. The van der Waals surface area contributed by atoms with Gasteiger partial charge in [0.15, 0.2) is 10.9 Å². The van der Waals surface area contributed by atoms with E-state index in [1.165, 1.54) is 8.97 Å². The van der Waals surface area contributed by atoms with Crippen molar-refractivity contribution in [2.45, 2.75) is 32.2 Å². The molecule has 3 heterocycles. The highest BCUT2D eigenvalue weighted by Gasteiger charge is 2.21. The first kappa shape index (κ1) is 42.0. The number of fused-ring (bicyclic) bond motifs is 4. The van der Waals surface area contributed by atoms with Crippen LogP contribution in [0.3, 0.4) is 0 Å². The van der Waals surface area contributed by atoms with Gasteiger partial charge in [-0.25, -0.2) is 4.79 Å². The van der Waals surface area contributed by atoms with Crippen LogP contribution in [0.1, 0.15) is 36.0 Å². The number of benzene rings is 4. The van der Waals surface area contributed by atoms with Gasteiger partial charge in [-0.1, -0.05) is 24.3 Å². The molecule has 0 fully saturated rings. The Morgan fingerprint density at radius 3 is 1.95 bits per heavy atom. The van der Waals surface area contributed by atoms with E-state index in [4.69, 9.17) is 0 Å². The van der Waals surface area contributed by atoms with Crippen LogP contribution in [-0.2, 0) is 6.54 Å². The zero-order chi connectivity index (χ0) is 42.5. The summed E-state index contributed by atoms with van der Waals surface area (Å²) in [7, 11) is 9.95. The summed E-state index contributed by atoms with van der Waals surface area (Å²) >= 11 is 0. The molecular weight excluding hydrogens is 759 g/mol. The second-order valence-corrected chi connectivity index (χ2v) is 16.1. The van der Waals surface area contributed by atoms with Gasteiger partial charge in [-0.05, 0) is 136 Å². The summed E-state index contributed by atoms with van der Waals surface area (Å²) in [6.45, 7) is 5.15. The molecule has 1 amide bonds. The van der Waals surface area contributed by atoms with Gasteiger partial charge in [-0.15, -0.1) is 0 Å². The standard InChI is InChI=1S/C46H55N9O5/c1-51(2)25-10-24-49-44(58)32-18-20-35(38-40(32)50-34-16-8-6-14-30(34)42(38)56)47-22-11-27-53(5)28-12-23-48-36-21-19-33-41-39(36)43(57)31-15-7-9-17-37(31)55(41)46(60)54(45(33)59)29-13-26-52(3)4/h6-9,14-21,47-48H,10-13,22-29H2,1-5H3,(H,49,58)(H,50,56). The highest BCUT2D eigenvalue weighted by Crippen LogP contribution is 2.28. The molecule has 14 nitrogen and oxygen atoms in total. The monoisotopic (exact) mass is 813 g/mol. The highest BCUT2D eigenvalue weighted by atomic mass is 16.2. The number of carbonyl (C=O) groups is 1. The minimum Gasteiger partial charge on any atom is -0.384 e. The first-order chi connectivity index (χ1) is 29.0. The Morgan fingerprint density at radius 2 is 1.23 bits per heavy atom. The van der Waals surface area contributed by atoms with Crippen LogP contribution in [0.15, 0.2) is 92.0 Å². The molecule has 0 aliphatic rings. The van der Waals surface area contributed by atoms with Gasteiger partial charge in [0.2, 0.25) is 0 Å². The largest absolute Gasteiger partial charge is 0.384 e. The number of pyridine rings is 2. The number of carbonyl (C=O) groups excluding carboxylic acids is 1. The quantitative estimate of drug-likeness (QED) is 0.0524. The number of anilines is 2. The fourth-order valence-corrected chi connectivity index (χ4v) is 8.10. The van der Waals surface area contributed by atoms with Crippen LogP contribution in [-0.4, -0.2) is 116 Å². The number of nitrogens with zero attached hydrogens (tertiary/aromatic N) is 5. The third-order valence-corrected chi connectivity index (χ3v) is 11.1. The zero-order valence-corrected chi connectivity index (χ0v) is 35.2. The minimum absolute atomic E-state index is 0.129. The summed E-state index contributed by atoms with van der Waals surface area (Å²) in [6.07, 6.45) is 3.03. The molecule has 0 aliphatic carbocycles. The van der Waals surface area contributed by atoms with Crippen LogP contribution in [0.25, 0.3) is 49.0 Å². The number of hydrogen-bond acceptors (Lipinski definition) is 10. The van der Waals surface area contributed by atoms with Crippen LogP contribution in [0.2, 0.25) is 0 Å². The lowest BCUT2D eigenvalue weighted by atomic mass is 10.0. The van der Waals surface area contributed by atoms with Gasteiger partial charge in [0.05, 0.1) is 38.3 Å². The molecule has 3 aromatic heterocycles. The molecule has 0 aliphatic heterocycles. The van der Waals surface area contributed by atoms with Gasteiger partial charge in [-0.3, -0.25) is 28.1 Å². The molecule has 0 saturated heterocycles. The lowest BCUT2D eigenvalue weighted by molar-refractivity contribution is 0.0954. The van der Waals surface area contributed by atoms with Gasteiger partial charge in [-0.2, -0.15) is 0 Å². The van der Waals surface area contributed by atoms with Crippen molar-refractivity contribution in [3.05, 3.63) is 120 Å². The predicted octanol–water partition coefficient (Wildman–Crippen LogP) is 4.43. The predicted molar refractivity (Wildman–Crippen MR) is 245 cm³/mol. The first-order valence-corrected chi connectivity index (χ1v) is 20.7. The first-order valence-electron chi connectivity index (χ1n) is 20.7. The van der Waals surface area contributed by atoms with Crippen molar-refractivity contribution in [2.24, 2.45) is 0 Å². The van der Waals surface area contributed by atoms with E-state index in [0.717, 1.165) is 45.4 Å². The van der Waals surface area contributed by atoms with E-state index >= 15 is 0 Å². The summed E-state index contributed by atoms with van der Waals surface area (Å²) in [5, 5.41) is 12.0. The van der Waals surface area contributed by atoms with Crippen molar-refractivity contribution in [3.63, 3.8) is 0 Å². The van der Waals surface area contributed by atoms with Crippen LogP contribution in [0, 0.1) is 0 Å². The molecule has 60 heavy (non-hydrogen) atoms. The van der Waals surface area contributed by atoms with E-state index in [0.29, 0.717) is 92.0 Å². The third-order valence-electron chi connectivity index (χ3n) is 11.1. The number of aromatic amines is 1. The lowest BCUT2D eigenvalue weighted by Gasteiger charge is -2.19. The Balaban J connectivity index is 1.01. The van der Waals surface area contributed by atoms with Crippen molar-refractivity contribution in [1.29, 1.82) is 0 Å². The van der Waals surface area contributed by atoms with Crippen LogP contribution < -0.4 is 38.1 Å². The maximum Gasteiger partial charge on any atom is 0.336 e. The molecule has 4 N–H and O–H groups in total. The second-order valence-electron chi connectivity index (χ2n) is 16.1. The Kier molecular flexibility index (Phi) is 12.9. The van der Waals surface area contributed by atoms with Crippen molar-refractivity contribution < 1.29 is 4.79 Å². The fraction of sp³-hybridized carbons (Fsp3) is 0.370. The maximum absolute atomic E-state index is 14.0. The van der Waals surface area contributed by atoms with Gasteiger partial charge in [0, 0.05) is 53.8 Å². The molecule has 0 radical (unpaired) electrons. The van der Waals surface area contributed by atoms with E-state index in [1.807, 2.05) is 57.4 Å². The average Bonchev–Trinajstić information content (AvgIpc) is 3.23. The number of para-hydroxylation sites is 2. The molecule has 0 atom stereocenters. The van der Waals surface area contributed by atoms with Crippen LogP contribution in [0.4, 0.5) is 11.4 Å². The number of nitrogens with one attached hydrogen (secondary N) is 4. The molecule has 0 spiro atoms. The minimum atomic E-state index is -0.444. The van der Waals surface area contributed by atoms with Crippen molar-refractivity contribution in [2.75, 3.05) is 91.7 Å². The molecular formula is C46H55N9O5. The third kappa shape index (κ3) is 8.62. The lowest BCUT2D eigenvalue weighted by Crippen LogP contribution is -2.39. The molecule has 4 aromatic carbocycles. The van der Waals surface area contributed by atoms with E-state index < -0.39 is 5.69 Å². The van der Waals surface area contributed by atoms with Crippen molar-refractivity contribution in [3.8, 4) is 0 Å². The topological polar surface area (TPSA) is 156 Å². The highest BCUT2D eigenvalue weighted by molar-refractivity contribution is 6.11. The van der Waals surface area contributed by atoms with Gasteiger partial charge in [0.25, 0.3) is 11.5 Å². The van der Waals surface area contributed by atoms with E-state index in [2.05, 4.69) is 37.8 Å². The molecule has 14 heteroatoms. The number of rotatable bonds is 19. The van der Waals surface area contributed by atoms with Crippen LogP contribution in [0.5, 0.6) is 0 Å². The van der Waals surface area contributed by atoms with E-state index in [-0.39, 0.29) is 28.9 Å². The second kappa shape index (κ2) is 18.4. The number of aromatic nitrogens is 3. The fourth-order valence-electron chi connectivity index (χ4n) is 8.10.